The summed E-state index contributed by atoms with van der Waals surface area (Å²) >= 11 is 0. The van der Waals surface area contributed by atoms with Gasteiger partial charge in [-0.05, 0) is 38.8 Å². The number of hydrogen-bond acceptors (Lipinski definition) is 4. The number of aliphatic hydroxyl groups is 1. The lowest BCUT2D eigenvalue weighted by molar-refractivity contribution is -0.00810. The minimum absolute atomic E-state index is 0.358. The second-order valence-corrected chi connectivity index (χ2v) is 5.98. The van der Waals surface area contributed by atoms with Gasteiger partial charge in [-0.2, -0.15) is 0 Å². The molecular formula is C16H27NO3. The van der Waals surface area contributed by atoms with Gasteiger partial charge in [-0.1, -0.05) is 12.8 Å². The molecule has 2 rings (SSSR count). The second kappa shape index (κ2) is 7.81. The predicted octanol–water partition coefficient (Wildman–Crippen LogP) is 2.81. The van der Waals surface area contributed by atoms with Crippen LogP contribution in [0.3, 0.4) is 0 Å². The van der Waals surface area contributed by atoms with Gasteiger partial charge in [0.15, 0.2) is 0 Å². The number of ether oxygens (including phenoxy) is 1. The number of aliphatic hydroxyl groups excluding tert-OH is 1. The molecule has 0 aliphatic heterocycles. The highest BCUT2D eigenvalue weighted by Gasteiger charge is 2.26. The molecule has 0 bridgehead atoms. The van der Waals surface area contributed by atoms with Gasteiger partial charge in [0.25, 0.3) is 0 Å². The van der Waals surface area contributed by atoms with E-state index in [1.165, 1.54) is 25.7 Å². The van der Waals surface area contributed by atoms with Crippen molar-refractivity contribution in [2.45, 2.75) is 64.3 Å². The number of nitrogens with zero attached hydrogens (tertiary/aromatic N) is 1. The van der Waals surface area contributed by atoms with Gasteiger partial charge in [-0.25, -0.2) is 0 Å². The molecule has 4 nitrogen and oxygen atoms in total. The summed E-state index contributed by atoms with van der Waals surface area (Å²) in [4.78, 5) is 2.42. The van der Waals surface area contributed by atoms with Crippen LogP contribution in [0.4, 0.5) is 0 Å². The number of rotatable bonds is 8. The van der Waals surface area contributed by atoms with E-state index in [2.05, 4.69) is 18.7 Å². The molecule has 1 saturated carbocycles. The summed E-state index contributed by atoms with van der Waals surface area (Å²) in [6, 6.07) is 4.83. The molecule has 1 aromatic heterocycles. The third-order valence-electron chi connectivity index (χ3n) is 4.01. The van der Waals surface area contributed by atoms with Gasteiger partial charge in [0.2, 0.25) is 0 Å². The smallest absolute Gasteiger partial charge is 0.129 e. The minimum atomic E-state index is -0.437. The zero-order chi connectivity index (χ0) is 14.4. The molecule has 20 heavy (non-hydrogen) atoms. The average molecular weight is 281 g/mol. The normalized spacial score (nSPS) is 18.2. The summed E-state index contributed by atoms with van der Waals surface area (Å²) in [5.74, 6) is 0.800. The van der Waals surface area contributed by atoms with E-state index >= 15 is 0 Å². The quantitative estimate of drug-likeness (QED) is 0.796. The Balaban J connectivity index is 1.71. The van der Waals surface area contributed by atoms with E-state index in [1.807, 2.05) is 12.1 Å². The largest absolute Gasteiger partial charge is 0.467 e. The van der Waals surface area contributed by atoms with E-state index in [-0.39, 0.29) is 0 Å². The summed E-state index contributed by atoms with van der Waals surface area (Å²) in [6.45, 7) is 5.88. The van der Waals surface area contributed by atoms with Gasteiger partial charge < -0.3 is 14.3 Å². The van der Waals surface area contributed by atoms with Gasteiger partial charge >= 0.3 is 0 Å². The molecule has 1 aliphatic carbocycles. The zero-order valence-corrected chi connectivity index (χ0v) is 12.6. The summed E-state index contributed by atoms with van der Waals surface area (Å²) < 4.78 is 10.7. The first kappa shape index (κ1) is 15.5. The van der Waals surface area contributed by atoms with E-state index in [1.54, 1.807) is 6.26 Å². The Morgan fingerprint density at radius 3 is 2.75 bits per heavy atom. The fourth-order valence-electron chi connectivity index (χ4n) is 3.00. The van der Waals surface area contributed by atoms with Crippen molar-refractivity contribution in [3.05, 3.63) is 24.2 Å². The first-order valence-corrected chi connectivity index (χ1v) is 7.70. The van der Waals surface area contributed by atoms with Crippen LogP contribution in [0.25, 0.3) is 0 Å². The Hall–Kier alpha value is -0.840. The topological polar surface area (TPSA) is 45.8 Å². The highest BCUT2D eigenvalue weighted by atomic mass is 16.5. The van der Waals surface area contributed by atoms with Crippen LogP contribution in [0.15, 0.2) is 22.8 Å². The molecule has 1 fully saturated rings. The first-order chi connectivity index (χ1) is 9.66. The molecule has 1 aliphatic rings. The Bertz CT molecular complexity index is 358. The molecule has 0 radical (unpaired) electrons. The van der Waals surface area contributed by atoms with Crippen molar-refractivity contribution in [1.29, 1.82) is 0 Å². The van der Waals surface area contributed by atoms with Crippen LogP contribution in [0.2, 0.25) is 0 Å². The molecule has 0 amide bonds. The summed E-state index contributed by atoms with van der Waals surface area (Å²) in [7, 11) is 0. The molecule has 1 heterocycles. The van der Waals surface area contributed by atoms with E-state index < -0.39 is 6.10 Å². The molecule has 114 valence electrons. The zero-order valence-electron chi connectivity index (χ0n) is 12.6. The van der Waals surface area contributed by atoms with Crippen molar-refractivity contribution in [3.63, 3.8) is 0 Å². The Morgan fingerprint density at radius 1 is 1.40 bits per heavy atom. The molecule has 0 spiro atoms. The maximum absolute atomic E-state index is 10.2. The predicted molar refractivity (Wildman–Crippen MR) is 78.5 cm³/mol. The second-order valence-electron chi connectivity index (χ2n) is 5.98. The molecule has 1 atom stereocenters. The maximum Gasteiger partial charge on any atom is 0.129 e. The van der Waals surface area contributed by atoms with E-state index in [0.717, 1.165) is 5.76 Å². The van der Waals surface area contributed by atoms with Crippen LogP contribution in [0, 0.1) is 0 Å². The van der Waals surface area contributed by atoms with E-state index in [9.17, 15) is 5.11 Å². The molecule has 1 unspecified atom stereocenters. The Morgan fingerprint density at radius 2 is 2.15 bits per heavy atom. The Kier molecular flexibility index (Phi) is 6.07. The van der Waals surface area contributed by atoms with Crippen LogP contribution in [-0.2, 0) is 11.3 Å². The number of furan rings is 1. The molecule has 0 saturated heterocycles. The van der Waals surface area contributed by atoms with Crippen molar-refractivity contribution >= 4 is 0 Å². The van der Waals surface area contributed by atoms with Gasteiger partial charge in [0, 0.05) is 18.6 Å². The fraction of sp³-hybridized carbons (Fsp3) is 0.750. The lowest BCUT2D eigenvalue weighted by atomic mass is 10.1. The summed E-state index contributed by atoms with van der Waals surface area (Å²) in [5, 5.41) is 10.2. The monoisotopic (exact) mass is 281 g/mol. The minimum Gasteiger partial charge on any atom is -0.467 e. The van der Waals surface area contributed by atoms with Crippen molar-refractivity contribution in [3.8, 4) is 0 Å². The first-order valence-electron chi connectivity index (χ1n) is 7.70. The van der Waals surface area contributed by atoms with Crippen molar-refractivity contribution in [2.24, 2.45) is 0 Å². The maximum atomic E-state index is 10.2. The standard InChI is InChI=1S/C16H27NO3/c1-13(2)17(14-6-3-4-7-14)10-15(18)11-19-12-16-8-5-9-20-16/h5,8-9,13-15,18H,3-4,6-7,10-12H2,1-2H3. The van der Waals surface area contributed by atoms with E-state index in [4.69, 9.17) is 9.15 Å². The fourth-order valence-corrected chi connectivity index (χ4v) is 3.00. The number of hydrogen-bond donors (Lipinski definition) is 1. The molecular weight excluding hydrogens is 254 g/mol. The lowest BCUT2D eigenvalue weighted by Gasteiger charge is -2.34. The highest BCUT2D eigenvalue weighted by Crippen LogP contribution is 2.25. The van der Waals surface area contributed by atoms with Gasteiger partial charge in [-0.15, -0.1) is 0 Å². The summed E-state index contributed by atoms with van der Waals surface area (Å²) in [5.41, 5.74) is 0. The molecule has 1 aromatic rings. The molecule has 0 aromatic carbocycles. The third kappa shape index (κ3) is 4.62. The van der Waals surface area contributed by atoms with E-state index in [0.29, 0.717) is 31.8 Å². The van der Waals surface area contributed by atoms with Crippen LogP contribution in [-0.4, -0.2) is 41.3 Å². The van der Waals surface area contributed by atoms with Crippen LogP contribution >= 0.6 is 0 Å². The van der Waals surface area contributed by atoms with Gasteiger partial charge in [0.1, 0.15) is 12.4 Å². The van der Waals surface area contributed by atoms with Crippen LogP contribution in [0.1, 0.15) is 45.3 Å². The van der Waals surface area contributed by atoms with Crippen molar-refractivity contribution < 1.29 is 14.3 Å². The van der Waals surface area contributed by atoms with Crippen molar-refractivity contribution in [2.75, 3.05) is 13.2 Å². The molecule has 4 heteroatoms. The molecule has 1 N–H and O–H groups in total. The average Bonchev–Trinajstić information content (AvgIpc) is 3.08. The highest BCUT2D eigenvalue weighted by molar-refractivity contribution is 4.96. The van der Waals surface area contributed by atoms with Crippen LogP contribution < -0.4 is 0 Å². The third-order valence-corrected chi connectivity index (χ3v) is 4.01. The van der Waals surface area contributed by atoms with Crippen molar-refractivity contribution in [1.82, 2.24) is 4.90 Å². The lowest BCUT2D eigenvalue weighted by Crippen LogP contribution is -2.44. The SMILES string of the molecule is CC(C)N(CC(O)COCc1ccco1)C1CCCC1. The Labute approximate surface area is 121 Å². The van der Waals surface area contributed by atoms with Crippen LogP contribution in [0.5, 0.6) is 0 Å². The van der Waals surface area contributed by atoms with Gasteiger partial charge in [0.05, 0.1) is 19.0 Å². The van der Waals surface area contributed by atoms with Gasteiger partial charge in [-0.3, -0.25) is 4.90 Å². The summed E-state index contributed by atoms with van der Waals surface area (Å²) in [6.07, 6.45) is 6.36.